The highest BCUT2D eigenvalue weighted by Crippen LogP contribution is 2.27. The lowest BCUT2D eigenvalue weighted by molar-refractivity contribution is -0.182. The van der Waals surface area contributed by atoms with Gasteiger partial charge in [0.15, 0.2) is 6.23 Å². The Morgan fingerprint density at radius 2 is 2.30 bits per heavy atom. The molecular weight excluding hydrogens is 381 g/mol. The predicted octanol–water partition coefficient (Wildman–Crippen LogP) is -0.161. The van der Waals surface area contributed by atoms with Gasteiger partial charge in [0.05, 0.1) is 10.2 Å². The minimum Gasteiger partial charge on any atom is -0.465 e. The fourth-order valence-corrected chi connectivity index (χ4v) is 2.40. The van der Waals surface area contributed by atoms with Crippen LogP contribution < -0.4 is 11.2 Å². The quantitative estimate of drug-likeness (QED) is 0.565. The first-order valence-corrected chi connectivity index (χ1v) is 7.09. The average Bonchev–Trinajstić information content (AvgIpc) is 2.76. The van der Waals surface area contributed by atoms with Gasteiger partial charge < -0.3 is 4.74 Å². The van der Waals surface area contributed by atoms with Gasteiger partial charge in [0.25, 0.3) is 5.56 Å². The van der Waals surface area contributed by atoms with Gasteiger partial charge in [0.2, 0.25) is 0 Å². The molecule has 1 fully saturated rings. The Hall–Kier alpha value is -1.20. The highest BCUT2D eigenvalue weighted by molar-refractivity contribution is 14.1. The molecule has 1 aliphatic heterocycles. The second kappa shape index (κ2) is 6.06. The summed E-state index contributed by atoms with van der Waals surface area (Å²) >= 11 is 1.83. The molecule has 0 bridgehead atoms. The molecule has 9 heteroatoms. The van der Waals surface area contributed by atoms with Gasteiger partial charge in [-0.25, -0.2) is 4.79 Å². The summed E-state index contributed by atoms with van der Waals surface area (Å²) < 4.78 is 6.58. The predicted molar refractivity (Wildman–Crippen MR) is 77.0 cm³/mol. The van der Waals surface area contributed by atoms with Gasteiger partial charge in [-0.3, -0.25) is 24.0 Å². The fraction of sp³-hybridized carbons (Fsp3) is 0.545. The Bertz CT molecular complexity index is 625. The number of halogens is 1. The van der Waals surface area contributed by atoms with Crippen LogP contribution in [-0.4, -0.2) is 40.3 Å². The van der Waals surface area contributed by atoms with E-state index in [1.807, 2.05) is 22.6 Å². The van der Waals surface area contributed by atoms with E-state index in [4.69, 9.17) is 9.57 Å². The second-order valence-corrected chi connectivity index (χ2v) is 5.42. The zero-order chi connectivity index (χ0) is 14.9. The number of esters is 1. The van der Waals surface area contributed by atoms with Crippen LogP contribution in [0.2, 0.25) is 0 Å². The lowest BCUT2D eigenvalue weighted by atomic mass is 10.2. The molecule has 0 unspecified atom stereocenters. The topological polar surface area (TPSA) is 93.6 Å². The minimum atomic E-state index is -0.646. The van der Waals surface area contributed by atoms with Gasteiger partial charge in [-0.1, -0.05) is 0 Å². The van der Waals surface area contributed by atoms with Crippen LogP contribution in [0.4, 0.5) is 0 Å². The van der Waals surface area contributed by atoms with Crippen molar-refractivity contribution >= 4 is 28.6 Å². The largest absolute Gasteiger partial charge is 0.465 e. The third-order valence-corrected chi connectivity index (χ3v) is 3.71. The smallest absolute Gasteiger partial charge is 0.330 e. The van der Waals surface area contributed by atoms with Crippen LogP contribution in [0, 0.1) is 3.57 Å². The first-order chi connectivity index (χ1) is 9.43. The number of aromatic amines is 1. The number of hydroxylamine groups is 2. The number of rotatable bonds is 3. The molecule has 1 N–H and O–H groups in total. The molecule has 0 saturated carbocycles. The van der Waals surface area contributed by atoms with E-state index in [0.29, 0.717) is 3.57 Å². The van der Waals surface area contributed by atoms with Gasteiger partial charge in [-0.15, -0.1) is 0 Å². The Balaban J connectivity index is 2.24. The molecule has 0 radical (unpaired) electrons. The van der Waals surface area contributed by atoms with Crippen LogP contribution in [0.1, 0.15) is 19.6 Å². The number of aromatic nitrogens is 2. The number of H-pyrrole nitrogens is 1. The highest BCUT2D eigenvalue weighted by atomic mass is 127. The molecule has 2 atom stereocenters. The molecule has 20 heavy (non-hydrogen) atoms. The summed E-state index contributed by atoms with van der Waals surface area (Å²) in [5.41, 5.74) is -1.02. The van der Waals surface area contributed by atoms with Crippen molar-refractivity contribution in [3.8, 4) is 0 Å². The first kappa shape index (κ1) is 15.2. The van der Waals surface area contributed by atoms with Crippen molar-refractivity contribution in [2.24, 2.45) is 0 Å². The van der Waals surface area contributed by atoms with Crippen LogP contribution >= 0.6 is 22.6 Å². The maximum absolute atomic E-state index is 11.8. The number of nitrogens with one attached hydrogen (secondary N) is 1. The summed E-state index contributed by atoms with van der Waals surface area (Å²) in [6, 6.07) is -0.573. The average molecular weight is 395 g/mol. The van der Waals surface area contributed by atoms with E-state index in [9.17, 15) is 14.4 Å². The molecule has 0 aromatic carbocycles. The summed E-state index contributed by atoms with van der Waals surface area (Å²) in [6.07, 6.45) is 1.04. The maximum Gasteiger partial charge on any atom is 0.330 e. The van der Waals surface area contributed by atoms with E-state index < -0.39 is 29.5 Å². The second-order valence-electron chi connectivity index (χ2n) is 4.25. The molecule has 8 nitrogen and oxygen atoms in total. The number of nitrogens with zero attached hydrogens (tertiary/aromatic N) is 2. The van der Waals surface area contributed by atoms with Gasteiger partial charge in [0.1, 0.15) is 6.04 Å². The molecule has 1 aromatic rings. The number of carbonyl (C=O) groups is 1. The van der Waals surface area contributed by atoms with Crippen LogP contribution in [0.3, 0.4) is 0 Å². The van der Waals surface area contributed by atoms with Crippen LogP contribution in [0.5, 0.6) is 0 Å². The van der Waals surface area contributed by atoms with Crippen LogP contribution in [0.15, 0.2) is 15.8 Å². The molecule has 1 saturated heterocycles. The Kier molecular flexibility index (Phi) is 4.60. The molecule has 2 rings (SSSR count). The molecular formula is C11H14IN3O5. The Labute approximate surface area is 127 Å². The number of hydrogen-bond donors (Lipinski definition) is 1. The number of hydrogen-bond acceptors (Lipinski definition) is 6. The lowest BCUT2D eigenvalue weighted by Crippen LogP contribution is -2.33. The first-order valence-electron chi connectivity index (χ1n) is 6.01. The minimum absolute atomic E-state index is 0.275. The molecule has 1 aromatic heterocycles. The van der Waals surface area contributed by atoms with E-state index in [2.05, 4.69) is 4.98 Å². The van der Waals surface area contributed by atoms with E-state index in [-0.39, 0.29) is 13.0 Å². The molecule has 2 heterocycles. The van der Waals surface area contributed by atoms with Crippen molar-refractivity contribution in [1.82, 2.24) is 14.6 Å². The fourth-order valence-electron chi connectivity index (χ4n) is 1.97. The standard InChI is InChI=1S/C11H14IN3O5/c1-3-19-10(17)7-4-8(20-14(7)2)15-5-6(12)9(16)13-11(15)18/h5,7-8H,3-4H2,1-2H3,(H,13,16,18)/t7-,8+/m1/s1. The van der Waals surface area contributed by atoms with Crippen molar-refractivity contribution in [2.45, 2.75) is 25.6 Å². The van der Waals surface area contributed by atoms with Crippen LogP contribution in [0.25, 0.3) is 0 Å². The van der Waals surface area contributed by atoms with Crippen molar-refractivity contribution in [1.29, 1.82) is 0 Å². The van der Waals surface area contributed by atoms with Crippen molar-refractivity contribution in [3.05, 3.63) is 30.6 Å². The number of carbonyl (C=O) groups excluding carboxylic acids is 1. The summed E-state index contributed by atoms with van der Waals surface area (Å²) in [7, 11) is 1.60. The summed E-state index contributed by atoms with van der Waals surface area (Å²) in [6.45, 7) is 2.00. The highest BCUT2D eigenvalue weighted by Gasteiger charge is 2.38. The third-order valence-electron chi connectivity index (χ3n) is 2.95. The molecule has 0 amide bonds. The van der Waals surface area contributed by atoms with E-state index in [1.54, 1.807) is 14.0 Å². The number of ether oxygens (including phenoxy) is 1. The normalized spacial score (nSPS) is 22.9. The maximum atomic E-state index is 11.8. The van der Waals surface area contributed by atoms with Crippen molar-refractivity contribution in [3.63, 3.8) is 0 Å². The van der Waals surface area contributed by atoms with E-state index in [0.717, 1.165) is 0 Å². The van der Waals surface area contributed by atoms with Gasteiger partial charge in [-0.2, -0.15) is 5.06 Å². The van der Waals surface area contributed by atoms with E-state index >= 15 is 0 Å². The number of likely N-dealkylation sites (N-methyl/N-ethyl adjacent to an activating group) is 1. The van der Waals surface area contributed by atoms with Crippen molar-refractivity contribution in [2.75, 3.05) is 13.7 Å². The van der Waals surface area contributed by atoms with Gasteiger partial charge in [-0.05, 0) is 29.5 Å². The molecule has 0 aliphatic carbocycles. The lowest BCUT2D eigenvalue weighted by Gasteiger charge is -2.15. The molecule has 1 aliphatic rings. The zero-order valence-corrected chi connectivity index (χ0v) is 13.1. The Morgan fingerprint density at radius 3 is 2.95 bits per heavy atom. The van der Waals surface area contributed by atoms with Crippen molar-refractivity contribution < 1.29 is 14.4 Å². The SMILES string of the molecule is CCOC(=O)[C@H]1C[C@@H](n2cc(I)c(=O)[nH]c2=O)ON1C. The van der Waals surface area contributed by atoms with Gasteiger partial charge in [0, 0.05) is 19.7 Å². The zero-order valence-electron chi connectivity index (χ0n) is 11.0. The monoisotopic (exact) mass is 395 g/mol. The summed E-state index contributed by atoms with van der Waals surface area (Å²) in [5, 5.41) is 1.37. The Morgan fingerprint density at radius 1 is 1.60 bits per heavy atom. The third kappa shape index (κ3) is 2.94. The van der Waals surface area contributed by atoms with Crippen LogP contribution in [-0.2, 0) is 14.4 Å². The molecule has 0 spiro atoms. The summed E-state index contributed by atoms with van der Waals surface area (Å²) in [5.74, 6) is -0.398. The van der Waals surface area contributed by atoms with E-state index in [1.165, 1.54) is 15.8 Å². The summed E-state index contributed by atoms with van der Waals surface area (Å²) in [4.78, 5) is 42.5. The van der Waals surface area contributed by atoms with Gasteiger partial charge >= 0.3 is 11.7 Å². The molecule has 110 valence electrons.